The standard InChI is InChI=1S/C18H23N3O3S/c1-2-3-4-13(9-19)20-17(22)8-14-10-25-18(21-14)12-5-6-15-16(7-12)24-11-23-15/h5-7,10,13H,2-4,8-9,11,19H2,1H3,(H,20,22). The summed E-state index contributed by atoms with van der Waals surface area (Å²) in [6.07, 6.45) is 3.34. The molecule has 3 rings (SSSR count). The van der Waals surface area contributed by atoms with Crippen LogP contribution in [0, 0.1) is 0 Å². The topological polar surface area (TPSA) is 86.5 Å². The van der Waals surface area contributed by atoms with Crippen LogP contribution in [0.5, 0.6) is 11.5 Å². The van der Waals surface area contributed by atoms with E-state index in [-0.39, 0.29) is 25.2 Å². The number of carbonyl (C=O) groups excluding carboxylic acids is 1. The van der Waals surface area contributed by atoms with Gasteiger partial charge in [-0.15, -0.1) is 11.3 Å². The summed E-state index contributed by atoms with van der Waals surface area (Å²) < 4.78 is 10.7. The minimum Gasteiger partial charge on any atom is -0.454 e. The SMILES string of the molecule is CCCCC(CN)NC(=O)Cc1csc(-c2ccc3c(c2)OCO3)n1. The van der Waals surface area contributed by atoms with Gasteiger partial charge in [-0.2, -0.15) is 0 Å². The molecule has 7 heteroatoms. The monoisotopic (exact) mass is 361 g/mol. The Hall–Kier alpha value is -2.12. The van der Waals surface area contributed by atoms with Crippen LogP contribution < -0.4 is 20.5 Å². The number of benzene rings is 1. The fraction of sp³-hybridized carbons (Fsp3) is 0.444. The largest absolute Gasteiger partial charge is 0.454 e. The zero-order valence-corrected chi connectivity index (χ0v) is 15.1. The van der Waals surface area contributed by atoms with Crippen LogP contribution in [0.3, 0.4) is 0 Å². The molecule has 1 aliphatic heterocycles. The van der Waals surface area contributed by atoms with Crippen molar-refractivity contribution in [3.05, 3.63) is 29.3 Å². The van der Waals surface area contributed by atoms with Crippen molar-refractivity contribution in [2.45, 2.75) is 38.6 Å². The van der Waals surface area contributed by atoms with Gasteiger partial charge in [0.05, 0.1) is 12.1 Å². The average molecular weight is 361 g/mol. The lowest BCUT2D eigenvalue weighted by atomic mass is 10.1. The number of nitrogens with zero attached hydrogens (tertiary/aromatic N) is 1. The highest BCUT2D eigenvalue weighted by Gasteiger charge is 2.16. The number of ether oxygens (including phenoxy) is 2. The number of amides is 1. The first kappa shape index (κ1) is 17.7. The summed E-state index contributed by atoms with van der Waals surface area (Å²) in [6.45, 7) is 2.84. The highest BCUT2D eigenvalue weighted by molar-refractivity contribution is 7.13. The van der Waals surface area contributed by atoms with Crippen molar-refractivity contribution in [2.24, 2.45) is 5.73 Å². The van der Waals surface area contributed by atoms with E-state index < -0.39 is 0 Å². The van der Waals surface area contributed by atoms with Crippen LogP contribution >= 0.6 is 11.3 Å². The molecule has 1 unspecified atom stereocenters. The first-order valence-electron chi connectivity index (χ1n) is 8.53. The lowest BCUT2D eigenvalue weighted by Gasteiger charge is -2.15. The van der Waals surface area contributed by atoms with Crippen molar-refractivity contribution in [2.75, 3.05) is 13.3 Å². The van der Waals surface area contributed by atoms with Gasteiger partial charge < -0.3 is 20.5 Å². The smallest absolute Gasteiger partial charge is 0.231 e. The quantitative estimate of drug-likeness (QED) is 0.755. The molecule has 1 amide bonds. The van der Waals surface area contributed by atoms with Crippen molar-refractivity contribution in [1.82, 2.24) is 10.3 Å². The lowest BCUT2D eigenvalue weighted by molar-refractivity contribution is -0.121. The second-order valence-corrected chi connectivity index (χ2v) is 6.89. The third-order valence-electron chi connectivity index (χ3n) is 4.07. The van der Waals surface area contributed by atoms with Crippen LogP contribution in [0.15, 0.2) is 23.6 Å². The van der Waals surface area contributed by atoms with Gasteiger partial charge in [0.25, 0.3) is 0 Å². The number of aromatic nitrogens is 1. The molecule has 0 radical (unpaired) electrons. The predicted octanol–water partition coefficient (Wildman–Crippen LogP) is 2.72. The number of nitrogens with one attached hydrogen (secondary N) is 1. The van der Waals surface area contributed by atoms with E-state index in [0.29, 0.717) is 6.54 Å². The predicted molar refractivity (Wildman–Crippen MR) is 97.9 cm³/mol. The average Bonchev–Trinajstić information content (AvgIpc) is 3.26. The van der Waals surface area contributed by atoms with Crippen molar-refractivity contribution >= 4 is 17.2 Å². The van der Waals surface area contributed by atoms with Gasteiger partial charge in [0, 0.05) is 23.5 Å². The summed E-state index contributed by atoms with van der Waals surface area (Å²) in [4.78, 5) is 16.8. The molecule has 3 N–H and O–H groups in total. The number of rotatable bonds is 8. The summed E-state index contributed by atoms with van der Waals surface area (Å²) in [7, 11) is 0. The molecule has 0 saturated heterocycles. The van der Waals surface area contributed by atoms with Crippen LogP contribution in [-0.4, -0.2) is 30.3 Å². The Balaban J connectivity index is 1.60. The molecular weight excluding hydrogens is 338 g/mol. The fourth-order valence-electron chi connectivity index (χ4n) is 2.69. The van der Waals surface area contributed by atoms with Gasteiger partial charge in [-0.05, 0) is 24.6 Å². The number of fused-ring (bicyclic) bond motifs is 1. The van der Waals surface area contributed by atoms with Crippen molar-refractivity contribution in [1.29, 1.82) is 0 Å². The van der Waals surface area contributed by atoms with Crippen LogP contribution in [-0.2, 0) is 11.2 Å². The number of thiazole rings is 1. The summed E-state index contributed by atoms with van der Waals surface area (Å²) in [6, 6.07) is 5.79. The van der Waals surface area contributed by atoms with Crippen molar-refractivity contribution < 1.29 is 14.3 Å². The molecule has 0 aliphatic carbocycles. The molecule has 0 fully saturated rings. The van der Waals surface area contributed by atoms with Crippen LogP contribution in [0.2, 0.25) is 0 Å². The maximum atomic E-state index is 12.2. The Morgan fingerprint density at radius 1 is 1.40 bits per heavy atom. The minimum absolute atomic E-state index is 0.0333. The molecule has 0 spiro atoms. The van der Waals surface area contributed by atoms with E-state index in [1.165, 1.54) is 11.3 Å². The highest BCUT2D eigenvalue weighted by atomic mass is 32.1. The third-order valence-corrected chi connectivity index (χ3v) is 5.01. The number of unbranched alkanes of at least 4 members (excludes halogenated alkanes) is 1. The molecular formula is C18H23N3O3S. The third kappa shape index (κ3) is 4.49. The molecule has 2 heterocycles. The van der Waals surface area contributed by atoms with Gasteiger partial charge in [0.1, 0.15) is 5.01 Å². The summed E-state index contributed by atoms with van der Waals surface area (Å²) >= 11 is 1.52. The molecule has 134 valence electrons. The molecule has 0 bridgehead atoms. The molecule has 0 saturated carbocycles. The second-order valence-electron chi connectivity index (χ2n) is 6.03. The normalized spacial score (nSPS) is 13.7. The number of nitrogens with two attached hydrogens (primary N) is 1. The van der Waals surface area contributed by atoms with Crippen LogP contribution in [0.4, 0.5) is 0 Å². The van der Waals surface area contributed by atoms with Gasteiger partial charge in [0.15, 0.2) is 11.5 Å². The maximum absolute atomic E-state index is 12.2. The first-order chi connectivity index (χ1) is 12.2. The van der Waals surface area contributed by atoms with Gasteiger partial charge in [-0.3, -0.25) is 4.79 Å². The number of carbonyl (C=O) groups is 1. The number of hydrogen-bond acceptors (Lipinski definition) is 6. The molecule has 1 aliphatic rings. The molecule has 2 aromatic rings. The van der Waals surface area contributed by atoms with E-state index >= 15 is 0 Å². The van der Waals surface area contributed by atoms with Crippen molar-refractivity contribution in [3.63, 3.8) is 0 Å². The molecule has 6 nitrogen and oxygen atoms in total. The Kier molecular flexibility index (Phi) is 5.88. The molecule has 1 aromatic carbocycles. The lowest BCUT2D eigenvalue weighted by Crippen LogP contribution is -2.40. The van der Waals surface area contributed by atoms with E-state index in [9.17, 15) is 4.79 Å². The van der Waals surface area contributed by atoms with Gasteiger partial charge in [0.2, 0.25) is 12.7 Å². The van der Waals surface area contributed by atoms with E-state index in [0.717, 1.165) is 47.0 Å². The van der Waals surface area contributed by atoms with Gasteiger partial charge in [-0.25, -0.2) is 4.98 Å². The summed E-state index contributed by atoms with van der Waals surface area (Å²) in [5.74, 6) is 1.45. The Bertz CT molecular complexity index is 732. The molecule has 25 heavy (non-hydrogen) atoms. The Morgan fingerprint density at radius 3 is 3.04 bits per heavy atom. The maximum Gasteiger partial charge on any atom is 0.231 e. The van der Waals surface area contributed by atoms with E-state index in [4.69, 9.17) is 15.2 Å². The number of hydrogen-bond donors (Lipinski definition) is 2. The van der Waals surface area contributed by atoms with E-state index in [2.05, 4.69) is 17.2 Å². The minimum atomic E-state index is -0.0333. The molecule has 1 aromatic heterocycles. The zero-order valence-electron chi connectivity index (χ0n) is 14.3. The Labute approximate surface area is 151 Å². The summed E-state index contributed by atoms with van der Waals surface area (Å²) in [5.41, 5.74) is 7.46. The van der Waals surface area contributed by atoms with Crippen LogP contribution in [0.1, 0.15) is 31.9 Å². The van der Waals surface area contributed by atoms with Gasteiger partial charge in [-0.1, -0.05) is 19.8 Å². The second kappa shape index (κ2) is 8.31. The van der Waals surface area contributed by atoms with Gasteiger partial charge >= 0.3 is 0 Å². The highest BCUT2D eigenvalue weighted by Crippen LogP contribution is 2.36. The van der Waals surface area contributed by atoms with E-state index in [1.54, 1.807) is 0 Å². The fourth-order valence-corrected chi connectivity index (χ4v) is 3.51. The Morgan fingerprint density at radius 2 is 2.24 bits per heavy atom. The van der Waals surface area contributed by atoms with E-state index in [1.807, 2.05) is 23.6 Å². The zero-order chi connectivity index (χ0) is 17.6. The molecule has 1 atom stereocenters. The first-order valence-corrected chi connectivity index (χ1v) is 9.41. The van der Waals surface area contributed by atoms with Crippen LogP contribution in [0.25, 0.3) is 10.6 Å². The van der Waals surface area contributed by atoms with Crippen molar-refractivity contribution in [3.8, 4) is 22.1 Å². The summed E-state index contributed by atoms with van der Waals surface area (Å²) in [5, 5.41) is 5.78.